The first kappa shape index (κ1) is 24.0. The Morgan fingerprint density at radius 3 is 1.31 bits per heavy atom. The van der Waals surface area contributed by atoms with E-state index < -0.39 is 0 Å². The minimum absolute atomic E-state index is 0.112. The fourth-order valence-corrected chi connectivity index (χ4v) is 4.19. The molecule has 0 unspecified atom stereocenters. The average Bonchev–Trinajstić information content (AvgIpc) is 3.01. The fraction of sp³-hybridized carbons (Fsp3) is 0. The van der Waals surface area contributed by atoms with Gasteiger partial charge in [-0.3, -0.25) is 0 Å². The Morgan fingerprint density at radius 2 is 0.821 bits per heavy atom. The van der Waals surface area contributed by atoms with Gasteiger partial charge in [0.25, 0.3) is 0 Å². The van der Waals surface area contributed by atoms with Gasteiger partial charge in [0.2, 0.25) is 5.28 Å². The smallest absolute Gasteiger partial charge is 0.226 e. The molecule has 6 aromatic rings. The molecule has 0 amide bonds. The highest BCUT2D eigenvalue weighted by Crippen LogP contribution is 2.29. The monoisotopic (exact) mass is 523 g/mol. The van der Waals surface area contributed by atoms with Crippen LogP contribution in [0.2, 0.25) is 5.28 Å². The van der Waals surface area contributed by atoms with Gasteiger partial charge in [0, 0.05) is 27.8 Å². The number of aromatic nitrogens is 6. The van der Waals surface area contributed by atoms with Crippen LogP contribution in [0.15, 0.2) is 109 Å². The van der Waals surface area contributed by atoms with Crippen molar-refractivity contribution in [2.45, 2.75) is 0 Å². The first-order valence-electron chi connectivity index (χ1n) is 12.0. The second-order valence-electron chi connectivity index (χ2n) is 8.53. The van der Waals surface area contributed by atoms with Gasteiger partial charge in [0.15, 0.2) is 34.8 Å². The molecule has 2 aromatic heterocycles. The van der Waals surface area contributed by atoms with E-state index in [0.29, 0.717) is 34.8 Å². The van der Waals surface area contributed by atoms with Crippen molar-refractivity contribution in [3.8, 4) is 56.9 Å². The van der Waals surface area contributed by atoms with Crippen LogP contribution in [-0.4, -0.2) is 29.9 Å². The zero-order valence-corrected chi connectivity index (χ0v) is 21.2. The predicted molar refractivity (Wildman–Crippen MR) is 152 cm³/mol. The molecule has 0 saturated carbocycles. The lowest BCUT2D eigenvalue weighted by Gasteiger charge is -2.10. The molecule has 0 aliphatic rings. The first-order valence-corrected chi connectivity index (χ1v) is 12.4. The SMILES string of the molecule is [C-]#[N+]c1ccc(-c2nc(-c3ccccc3)nc(-c3cccc(-c4nc(Cl)nc(-c5ccccc5)n4)c3)n2)cc1. The lowest BCUT2D eigenvalue weighted by atomic mass is 10.1. The third-order valence-electron chi connectivity index (χ3n) is 5.94. The number of halogens is 1. The minimum atomic E-state index is 0.112. The minimum Gasteiger partial charge on any atom is -0.238 e. The highest BCUT2D eigenvalue weighted by molar-refractivity contribution is 6.28. The molecule has 0 saturated heterocycles. The van der Waals surface area contributed by atoms with Crippen molar-refractivity contribution in [2.24, 2.45) is 0 Å². The van der Waals surface area contributed by atoms with E-state index in [1.165, 1.54) is 0 Å². The van der Waals surface area contributed by atoms with E-state index in [1.807, 2.05) is 97.1 Å². The molecule has 39 heavy (non-hydrogen) atoms. The predicted octanol–water partition coefficient (Wildman–Crippen LogP) is 7.60. The molecular formula is C31H18ClN7. The average molecular weight is 524 g/mol. The van der Waals surface area contributed by atoms with Gasteiger partial charge >= 0.3 is 0 Å². The van der Waals surface area contributed by atoms with E-state index in [2.05, 4.69) is 19.8 Å². The Morgan fingerprint density at radius 1 is 0.436 bits per heavy atom. The Labute approximate surface area is 229 Å². The zero-order valence-electron chi connectivity index (χ0n) is 20.4. The number of rotatable bonds is 5. The molecule has 0 spiro atoms. The molecule has 0 bridgehead atoms. The van der Waals surface area contributed by atoms with Crippen molar-refractivity contribution in [1.82, 2.24) is 29.9 Å². The maximum absolute atomic E-state index is 7.24. The summed E-state index contributed by atoms with van der Waals surface area (Å²) in [6.07, 6.45) is 0. The number of hydrogen-bond acceptors (Lipinski definition) is 6. The molecule has 184 valence electrons. The normalized spacial score (nSPS) is 10.7. The van der Waals surface area contributed by atoms with E-state index in [1.54, 1.807) is 12.1 Å². The van der Waals surface area contributed by atoms with E-state index in [0.717, 1.165) is 27.8 Å². The van der Waals surface area contributed by atoms with Crippen molar-refractivity contribution in [1.29, 1.82) is 0 Å². The Bertz CT molecular complexity index is 1820. The maximum Gasteiger partial charge on any atom is 0.226 e. The number of nitrogens with zero attached hydrogens (tertiary/aromatic N) is 7. The maximum atomic E-state index is 7.24. The van der Waals surface area contributed by atoms with Crippen molar-refractivity contribution < 1.29 is 0 Å². The summed E-state index contributed by atoms with van der Waals surface area (Å²) in [5, 5.41) is 0.112. The standard InChI is InChI=1S/C31H18ClN7/c1-33-25-17-15-22(16-18-25)27-34-26(20-9-4-2-5-10-20)35-29(36-27)23-13-8-14-24(19-23)30-37-28(38-31(32)39-30)21-11-6-3-7-12-21/h2-19H. The topological polar surface area (TPSA) is 81.7 Å². The van der Waals surface area contributed by atoms with Crippen LogP contribution in [0.4, 0.5) is 5.69 Å². The van der Waals surface area contributed by atoms with Crippen molar-refractivity contribution in [3.63, 3.8) is 0 Å². The summed E-state index contributed by atoms with van der Waals surface area (Å²) in [5.74, 6) is 2.49. The second kappa shape index (κ2) is 10.6. The van der Waals surface area contributed by atoms with Gasteiger partial charge < -0.3 is 0 Å². The Kier molecular flexibility index (Phi) is 6.52. The van der Waals surface area contributed by atoms with Crippen LogP contribution in [0.5, 0.6) is 0 Å². The summed E-state index contributed by atoms with van der Waals surface area (Å²) in [6, 6.07) is 34.2. The summed E-state index contributed by atoms with van der Waals surface area (Å²) >= 11 is 6.29. The van der Waals surface area contributed by atoms with Gasteiger partial charge in [-0.05, 0) is 17.7 Å². The van der Waals surface area contributed by atoms with Crippen LogP contribution in [0.1, 0.15) is 0 Å². The van der Waals surface area contributed by atoms with Crippen molar-refractivity contribution in [3.05, 3.63) is 126 Å². The lowest BCUT2D eigenvalue weighted by molar-refractivity contribution is 1.06. The molecule has 0 aliphatic carbocycles. The largest absolute Gasteiger partial charge is 0.238 e. The van der Waals surface area contributed by atoms with E-state index in [9.17, 15) is 0 Å². The van der Waals surface area contributed by atoms with Gasteiger partial charge in [0.1, 0.15) is 0 Å². The molecule has 0 fully saturated rings. The van der Waals surface area contributed by atoms with Crippen LogP contribution in [0.25, 0.3) is 61.8 Å². The van der Waals surface area contributed by atoms with Crippen LogP contribution in [0.3, 0.4) is 0 Å². The van der Waals surface area contributed by atoms with Gasteiger partial charge in [-0.1, -0.05) is 103 Å². The molecule has 0 N–H and O–H groups in total. The summed E-state index contributed by atoms with van der Waals surface area (Å²) < 4.78 is 0. The van der Waals surface area contributed by atoms with Gasteiger partial charge in [0.05, 0.1) is 6.57 Å². The number of hydrogen-bond donors (Lipinski definition) is 0. The molecule has 0 aliphatic heterocycles. The summed E-state index contributed by atoms with van der Waals surface area (Å²) in [6.45, 7) is 7.24. The zero-order chi connectivity index (χ0) is 26.6. The van der Waals surface area contributed by atoms with Gasteiger partial charge in [-0.2, -0.15) is 9.97 Å². The van der Waals surface area contributed by atoms with Gasteiger partial charge in [-0.15, -0.1) is 0 Å². The van der Waals surface area contributed by atoms with Gasteiger partial charge in [-0.25, -0.2) is 24.8 Å². The molecule has 4 aromatic carbocycles. The summed E-state index contributed by atoms with van der Waals surface area (Å²) in [7, 11) is 0. The van der Waals surface area contributed by atoms with E-state index in [4.69, 9.17) is 33.1 Å². The third-order valence-corrected chi connectivity index (χ3v) is 6.11. The fourth-order valence-electron chi connectivity index (χ4n) is 4.03. The highest BCUT2D eigenvalue weighted by atomic mass is 35.5. The second-order valence-corrected chi connectivity index (χ2v) is 8.87. The summed E-state index contributed by atoms with van der Waals surface area (Å²) in [4.78, 5) is 31.2. The van der Waals surface area contributed by atoms with Crippen LogP contribution >= 0.6 is 11.6 Å². The molecule has 8 heteroatoms. The van der Waals surface area contributed by atoms with E-state index >= 15 is 0 Å². The number of benzene rings is 4. The highest BCUT2D eigenvalue weighted by Gasteiger charge is 2.15. The molecule has 7 nitrogen and oxygen atoms in total. The van der Waals surface area contributed by atoms with Crippen molar-refractivity contribution >= 4 is 17.3 Å². The molecule has 6 rings (SSSR count). The van der Waals surface area contributed by atoms with Crippen LogP contribution in [-0.2, 0) is 0 Å². The van der Waals surface area contributed by atoms with Crippen molar-refractivity contribution in [2.75, 3.05) is 0 Å². The van der Waals surface area contributed by atoms with Crippen LogP contribution in [0, 0.1) is 6.57 Å². The lowest BCUT2D eigenvalue weighted by Crippen LogP contribution is -2.01. The van der Waals surface area contributed by atoms with Crippen LogP contribution < -0.4 is 0 Å². The Balaban J connectivity index is 1.46. The molecular weight excluding hydrogens is 506 g/mol. The third kappa shape index (κ3) is 5.23. The molecule has 0 atom stereocenters. The summed E-state index contributed by atoms with van der Waals surface area (Å²) in [5.41, 5.74) is 4.57. The molecule has 2 heterocycles. The van der Waals surface area contributed by atoms with E-state index in [-0.39, 0.29) is 5.28 Å². The Hall–Kier alpha value is -5.32. The first-order chi connectivity index (χ1) is 19.2. The molecule has 0 radical (unpaired) electrons. The quantitative estimate of drug-likeness (QED) is 0.216.